The highest BCUT2D eigenvalue weighted by atomic mass is 15.2. The molecule has 1 N–H and O–H groups in total. The van der Waals surface area contributed by atoms with Crippen molar-refractivity contribution in [3.8, 4) is 0 Å². The molecule has 0 bridgehead atoms. The quantitative estimate of drug-likeness (QED) is 0.796. The van der Waals surface area contributed by atoms with Gasteiger partial charge >= 0.3 is 0 Å². The molecule has 17 heavy (non-hydrogen) atoms. The third kappa shape index (κ3) is 3.69. The van der Waals surface area contributed by atoms with E-state index >= 15 is 0 Å². The van der Waals surface area contributed by atoms with Crippen LogP contribution < -0.4 is 5.32 Å². The standard InChI is InChI=1S/C15H30N2/c1-12-9-13(2)11-15(10-12)17(3)14-5-4-7-16-8-6-14/h12-16H,4-11H2,1-3H3. The molecule has 1 saturated heterocycles. The normalized spacial score (nSPS) is 40.2. The van der Waals surface area contributed by atoms with Gasteiger partial charge in [0.25, 0.3) is 0 Å². The van der Waals surface area contributed by atoms with Gasteiger partial charge < -0.3 is 10.2 Å². The molecule has 1 saturated carbocycles. The van der Waals surface area contributed by atoms with Crippen molar-refractivity contribution in [2.75, 3.05) is 20.1 Å². The number of nitrogens with zero attached hydrogens (tertiary/aromatic N) is 1. The van der Waals surface area contributed by atoms with Crippen molar-refractivity contribution >= 4 is 0 Å². The molecule has 3 atom stereocenters. The Morgan fingerprint density at radius 3 is 2.29 bits per heavy atom. The van der Waals surface area contributed by atoms with Crippen molar-refractivity contribution in [2.45, 2.75) is 64.5 Å². The van der Waals surface area contributed by atoms with E-state index in [0.717, 1.165) is 23.9 Å². The molecule has 100 valence electrons. The number of hydrogen-bond donors (Lipinski definition) is 1. The monoisotopic (exact) mass is 238 g/mol. The van der Waals surface area contributed by atoms with Crippen LogP contribution in [0.5, 0.6) is 0 Å². The van der Waals surface area contributed by atoms with Gasteiger partial charge in [-0.15, -0.1) is 0 Å². The minimum Gasteiger partial charge on any atom is -0.317 e. The Morgan fingerprint density at radius 2 is 1.59 bits per heavy atom. The third-order valence-corrected chi connectivity index (χ3v) is 4.85. The highest BCUT2D eigenvalue weighted by Crippen LogP contribution is 2.32. The van der Waals surface area contributed by atoms with Crippen molar-refractivity contribution in [3.05, 3.63) is 0 Å². The van der Waals surface area contributed by atoms with Gasteiger partial charge in [0.15, 0.2) is 0 Å². The summed E-state index contributed by atoms with van der Waals surface area (Å²) in [6.07, 6.45) is 8.37. The molecule has 1 heterocycles. The van der Waals surface area contributed by atoms with Gasteiger partial charge in [0.2, 0.25) is 0 Å². The molecule has 1 aliphatic heterocycles. The van der Waals surface area contributed by atoms with Crippen molar-refractivity contribution in [3.63, 3.8) is 0 Å². The van der Waals surface area contributed by atoms with Gasteiger partial charge in [0, 0.05) is 12.1 Å². The van der Waals surface area contributed by atoms with Crippen LogP contribution in [0.15, 0.2) is 0 Å². The van der Waals surface area contributed by atoms with Crippen LogP contribution in [0.4, 0.5) is 0 Å². The molecule has 2 nitrogen and oxygen atoms in total. The van der Waals surface area contributed by atoms with Crippen LogP contribution in [-0.2, 0) is 0 Å². The van der Waals surface area contributed by atoms with Gasteiger partial charge in [0.05, 0.1) is 0 Å². The van der Waals surface area contributed by atoms with E-state index in [9.17, 15) is 0 Å². The predicted octanol–water partition coefficient (Wildman–Crippen LogP) is 2.89. The van der Waals surface area contributed by atoms with Gasteiger partial charge in [-0.2, -0.15) is 0 Å². The summed E-state index contributed by atoms with van der Waals surface area (Å²) in [6, 6.07) is 1.67. The number of rotatable bonds is 2. The molecule has 0 amide bonds. The van der Waals surface area contributed by atoms with Gasteiger partial charge in [0.1, 0.15) is 0 Å². The van der Waals surface area contributed by atoms with Crippen molar-refractivity contribution in [1.82, 2.24) is 10.2 Å². The summed E-state index contributed by atoms with van der Waals surface area (Å²) in [6.45, 7) is 7.31. The Morgan fingerprint density at radius 1 is 0.882 bits per heavy atom. The van der Waals surface area contributed by atoms with Crippen molar-refractivity contribution in [1.29, 1.82) is 0 Å². The zero-order valence-corrected chi connectivity index (χ0v) is 11.9. The maximum absolute atomic E-state index is 3.53. The van der Waals surface area contributed by atoms with Gasteiger partial charge in [-0.05, 0) is 70.5 Å². The molecule has 2 rings (SSSR count). The second kappa shape index (κ2) is 6.19. The van der Waals surface area contributed by atoms with Crippen LogP contribution in [0.25, 0.3) is 0 Å². The zero-order valence-electron chi connectivity index (χ0n) is 11.9. The predicted molar refractivity (Wildman–Crippen MR) is 74.2 cm³/mol. The van der Waals surface area contributed by atoms with Crippen LogP contribution in [-0.4, -0.2) is 37.1 Å². The zero-order chi connectivity index (χ0) is 12.3. The summed E-state index contributed by atoms with van der Waals surface area (Å²) in [5.41, 5.74) is 0. The summed E-state index contributed by atoms with van der Waals surface area (Å²) < 4.78 is 0. The van der Waals surface area contributed by atoms with E-state index in [2.05, 4.69) is 31.1 Å². The van der Waals surface area contributed by atoms with E-state index < -0.39 is 0 Å². The molecule has 2 heteroatoms. The smallest absolute Gasteiger partial charge is 0.0108 e. The minimum absolute atomic E-state index is 0.826. The molecule has 0 aromatic rings. The fourth-order valence-electron chi connectivity index (χ4n) is 3.94. The first kappa shape index (κ1) is 13.4. The van der Waals surface area contributed by atoms with Gasteiger partial charge in [-0.3, -0.25) is 0 Å². The second-order valence-corrected chi connectivity index (χ2v) is 6.57. The van der Waals surface area contributed by atoms with Gasteiger partial charge in [-0.25, -0.2) is 0 Å². The molecule has 0 radical (unpaired) electrons. The fraction of sp³-hybridized carbons (Fsp3) is 1.00. The summed E-state index contributed by atoms with van der Waals surface area (Å²) >= 11 is 0. The van der Waals surface area contributed by atoms with Crippen LogP contribution >= 0.6 is 0 Å². The Bertz CT molecular complexity index is 211. The molecule has 2 aliphatic rings. The van der Waals surface area contributed by atoms with Crippen LogP contribution in [0.3, 0.4) is 0 Å². The van der Waals surface area contributed by atoms with E-state index in [1.807, 2.05) is 0 Å². The molecule has 0 aromatic carbocycles. The fourth-order valence-corrected chi connectivity index (χ4v) is 3.94. The lowest BCUT2D eigenvalue weighted by molar-refractivity contribution is 0.0898. The van der Waals surface area contributed by atoms with Crippen molar-refractivity contribution in [2.24, 2.45) is 11.8 Å². The maximum Gasteiger partial charge on any atom is 0.0108 e. The molecular weight excluding hydrogens is 208 g/mol. The summed E-state index contributed by atoms with van der Waals surface area (Å²) in [5.74, 6) is 1.85. The molecule has 0 spiro atoms. The van der Waals surface area contributed by atoms with Crippen LogP contribution in [0.1, 0.15) is 52.4 Å². The van der Waals surface area contributed by atoms with E-state index in [0.29, 0.717) is 0 Å². The van der Waals surface area contributed by atoms with E-state index in [1.165, 1.54) is 51.6 Å². The Kier molecular flexibility index (Phi) is 4.87. The van der Waals surface area contributed by atoms with E-state index in [-0.39, 0.29) is 0 Å². The molecule has 3 unspecified atom stereocenters. The van der Waals surface area contributed by atoms with Crippen LogP contribution in [0, 0.1) is 11.8 Å². The largest absolute Gasteiger partial charge is 0.317 e. The minimum atomic E-state index is 0.826. The first-order chi connectivity index (χ1) is 8.16. The Hall–Kier alpha value is -0.0800. The molecular formula is C15H30N2. The molecule has 2 fully saturated rings. The first-order valence-corrected chi connectivity index (χ1v) is 7.59. The second-order valence-electron chi connectivity index (χ2n) is 6.57. The topological polar surface area (TPSA) is 15.3 Å². The lowest BCUT2D eigenvalue weighted by Crippen LogP contribution is -2.44. The summed E-state index contributed by atoms with van der Waals surface area (Å²) in [5, 5.41) is 3.53. The number of nitrogens with one attached hydrogen (secondary N) is 1. The molecule has 0 aromatic heterocycles. The summed E-state index contributed by atoms with van der Waals surface area (Å²) in [7, 11) is 2.38. The Balaban J connectivity index is 1.90. The highest BCUT2D eigenvalue weighted by Gasteiger charge is 2.30. The number of hydrogen-bond acceptors (Lipinski definition) is 2. The third-order valence-electron chi connectivity index (χ3n) is 4.85. The maximum atomic E-state index is 3.53. The van der Waals surface area contributed by atoms with Crippen molar-refractivity contribution < 1.29 is 0 Å². The Labute approximate surface area is 107 Å². The lowest BCUT2D eigenvalue weighted by Gasteiger charge is -2.41. The highest BCUT2D eigenvalue weighted by molar-refractivity contribution is 4.85. The van der Waals surface area contributed by atoms with E-state index in [4.69, 9.17) is 0 Å². The van der Waals surface area contributed by atoms with Gasteiger partial charge in [-0.1, -0.05) is 13.8 Å². The van der Waals surface area contributed by atoms with E-state index in [1.54, 1.807) is 0 Å². The average Bonchev–Trinajstić information content (AvgIpc) is 2.55. The summed E-state index contributed by atoms with van der Waals surface area (Å²) in [4.78, 5) is 2.72. The first-order valence-electron chi connectivity index (χ1n) is 7.59. The molecule has 1 aliphatic carbocycles. The van der Waals surface area contributed by atoms with Crippen LogP contribution in [0.2, 0.25) is 0 Å². The average molecular weight is 238 g/mol. The lowest BCUT2D eigenvalue weighted by atomic mass is 9.79. The SMILES string of the molecule is CC1CC(C)CC(N(C)C2CCCNCC2)C1.